The molecule has 3 bridgehead atoms. The van der Waals surface area contributed by atoms with Crippen molar-refractivity contribution in [2.75, 3.05) is 4.90 Å². The van der Waals surface area contributed by atoms with Gasteiger partial charge in [-0.15, -0.1) is 0 Å². The van der Waals surface area contributed by atoms with Crippen LogP contribution in [0, 0.1) is 29.1 Å². The van der Waals surface area contributed by atoms with Crippen molar-refractivity contribution in [3.05, 3.63) is 150 Å². The van der Waals surface area contributed by atoms with Crippen LogP contribution in [0.5, 0.6) is 11.5 Å². The Labute approximate surface area is 326 Å². The fourth-order valence-corrected chi connectivity index (χ4v) is 13.8. The van der Waals surface area contributed by atoms with Crippen molar-refractivity contribution in [3.8, 4) is 22.6 Å². The van der Waals surface area contributed by atoms with Gasteiger partial charge in [0.25, 0.3) is 0 Å². The summed E-state index contributed by atoms with van der Waals surface area (Å²) in [6.45, 7) is 9.75. The van der Waals surface area contributed by atoms with Crippen LogP contribution < -0.4 is 9.64 Å². The Morgan fingerprint density at radius 1 is 0.491 bits per heavy atom. The van der Waals surface area contributed by atoms with Crippen LogP contribution in [0.4, 0.5) is 17.1 Å². The molecule has 1 aliphatic heterocycles. The minimum Gasteiger partial charge on any atom is -0.457 e. The number of rotatable bonds is 4. The molecule has 6 aromatic rings. The van der Waals surface area contributed by atoms with Crippen molar-refractivity contribution < 1.29 is 4.74 Å². The van der Waals surface area contributed by atoms with E-state index in [1.807, 2.05) is 0 Å². The molecule has 0 N–H and O–H groups in total. The number of fused-ring (bicyclic) bond motifs is 10. The molecule has 4 fully saturated rings. The van der Waals surface area contributed by atoms with E-state index in [2.05, 4.69) is 160 Å². The third-order valence-electron chi connectivity index (χ3n) is 16.2. The highest BCUT2D eigenvalue weighted by Gasteiger charge is 2.79. The van der Waals surface area contributed by atoms with Gasteiger partial charge in [0.1, 0.15) is 11.5 Å². The topological polar surface area (TPSA) is 12.5 Å². The maximum atomic E-state index is 6.89. The van der Waals surface area contributed by atoms with E-state index >= 15 is 0 Å². The van der Waals surface area contributed by atoms with Gasteiger partial charge >= 0.3 is 0 Å². The van der Waals surface area contributed by atoms with Crippen molar-refractivity contribution in [3.63, 3.8) is 0 Å². The Kier molecular flexibility index (Phi) is 6.45. The first-order chi connectivity index (χ1) is 26.6. The third kappa shape index (κ3) is 4.32. The molecule has 2 spiro atoms. The molecular weight excluding hydrogens is 667 g/mol. The molecule has 1 heterocycles. The second kappa shape index (κ2) is 10.9. The molecule has 274 valence electrons. The number of anilines is 3. The predicted octanol–water partition coefficient (Wildman–Crippen LogP) is 14.2. The molecule has 12 rings (SSSR count). The number of benzene rings is 6. The summed E-state index contributed by atoms with van der Waals surface area (Å²) in [5.41, 5.74) is 12.9. The molecule has 2 heteroatoms. The SMILES string of the molecule is CC1(C)CCC(C)(C)c2cc(N(c3ccc(-c4ccc5ccccc5c4)cc3)c3ccc4c(c3)C3(c5ccccc5O4)C4CC5CC6CC3C4(C5)C6)ccc21. The van der Waals surface area contributed by atoms with Gasteiger partial charge in [0.2, 0.25) is 0 Å². The molecule has 4 atom stereocenters. The van der Waals surface area contributed by atoms with E-state index in [-0.39, 0.29) is 16.2 Å². The lowest BCUT2D eigenvalue weighted by Crippen LogP contribution is -2.64. The maximum Gasteiger partial charge on any atom is 0.131 e. The van der Waals surface area contributed by atoms with Gasteiger partial charge in [0.15, 0.2) is 0 Å². The Morgan fingerprint density at radius 2 is 1.09 bits per heavy atom. The van der Waals surface area contributed by atoms with Crippen LogP contribution >= 0.6 is 0 Å². The van der Waals surface area contributed by atoms with Gasteiger partial charge in [0, 0.05) is 33.6 Å². The summed E-state index contributed by atoms with van der Waals surface area (Å²) in [6.07, 6.45) is 9.53. The largest absolute Gasteiger partial charge is 0.457 e. The second-order valence-corrected chi connectivity index (χ2v) is 19.8. The third-order valence-corrected chi connectivity index (χ3v) is 16.2. The van der Waals surface area contributed by atoms with Gasteiger partial charge in [-0.2, -0.15) is 0 Å². The van der Waals surface area contributed by atoms with E-state index in [1.165, 1.54) is 106 Å². The monoisotopic (exact) mass is 717 g/mol. The lowest BCUT2D eigenvalue weighted by atomic mass is 9.37. The predicted molar refractivity (Wildman–Crippen MR) is 226 cm³/mol. The van der Waals surface area contributed by atoms with Crippen molar-refractivity contribution in [1.82, 2.24) is 0 Å². The van der Waals surface area contributed by atoms with Gasteiger partial charge in [-0.3, -0.25) is 0 Å². The van der Waals surface area contributed by atoms with Crippen LogP contribution in [0.15, 0.2) is 127 Å². The van der Waals surface area contributed by atoms with Gasteiger partial charge in [-0.25, -0.2) is 0 Å². The smallest absolute Gasteiger partial charge is 0.131 e. The molecule has 4 saturated carbocycles. The highest BCUT2D eigenvalue weighted by atomic mass is 16.5. The Balaban J connectivity index is 1.03. The van der Waals surface area contributed by atoms with Crippen molar-refractivity contribution in [1.29, 1.82) is 0 Å². The van der Waals surface area contributed by atoms with E-state index in [9.17, 15) is 0 Å². The standard InChI is InChI=1S/C53H51NO/c1-50(2)23-24-51(3,4)44-29-40(19-21-42(44)50)54(39-17-15-36(16-18-39)38-14-13-35-9-5-6-10-37(35)28-38)41-20-22-47-45(30-41)53(43-11-7-8-12-46(43)55-47)48-26-33-25-34-27-49(53)52(48,31-33)32-34/h5-22,28-30,33-34,48-49H,23-27,31-32H2,1-4H3. The number of para-hydroxylation sites is 1. The normalized spacial score (nSPS) is 29.5. The molecule has 0 aromatic heterocycles. The quantitative estimate of drug-likeness (QED) is 0.180. The lowest BCUT2D eigenvalue weighted by Gasteiger charge is -2.66. The first kappa shape index (κ1) is 32.4. The summed E-state index contributed by atoms with van der Waals surface area (Å²) in [6, 6.07) is 48.5. The average molecular weight is 718 g/mol. The summed E-state index contributed by atoms with van der Waals surface area (Å²) in [5.74, 6) is 5.35. The van der Waals surface area contributed by atoms with Crippen LogP contribution in [0.1, 0.15) is 94.9 Å². The summed E-state index contributed by atoms with van der Waals surface area (Å²) >= 11 is 0. The fourth-order valence-electron chi connectivity index (χ4n) is 13.8. The maximum absolute atomic E-state index is 6.89. The fraction of sp³-hybridized carbons (Fsp3) is 0.358. The Bertz CT molecular complexity index is 2530. The first-order valence-electron chi connectivity index (χ1n) is 21.1. The van der Waals surface area contributed by atoms with Crippen molar-refractivity contribution in [2.24, 2.45) is 29.1 Å². The van der Waals surface area contributed by atoms with Crippen LogP contribution in [0.3, 0.4) is 0 Å². The van der Waals surface area contributed by atoms with E-state index in [0.717, 1.165) is 23.3 Å². The lowest BCUT2D eigenvalue weighted by molar-refractivity contribution is -0.0882. The highest BCUT2D eigenvalue weighted by Crippen LogP contribution is 2.85. The first-order valence-corrected chi connectivity index (χ1v) is 21.1. The zero-order valence-electron chi connectivity index (χ0n) is 32.7. The Hall–Kier alpha value is -4.82. The minimum atomic E-state index is 0.0254. The van der Waals surface area contributed by atoms with Gasteiger partial charge in [0.05, 0.1) is 0 Å². The van der Waals surface area contributed by atoms with Gasteiger partial charge in [-0.05, 0) is 172 Å². The number of ether oxygens (including phenoxy) is 1. The molecule has 5 aliphatic carbocycles. The van der Waals surface area contributed by atoms with Crippen LogP contribution in [-0.2, 0) is 16.2 Å². The molecule has 2 nitrogen and oxygen atoms in total. The Morgan fingerprint density at radius 3 is 1.85 bits per heavy atom. The van der Waals surface area contributed by atoms with E-state index < -0.39 is 0 Å². The van der Waals surface area contributed by atoms with E-state index in [0.29, 0.717) is 17.3 Å². The van der Waals surface area contributed by atoms with E-state index in [1.54, 1.807) is 0 Å². The molecule has 0 saturated heterocycles. The number of hydrogen-bond acceptors (Lipinski definition) is 2. The van der Waals surface area contributed by atoms with Gasteiger partial charge in [-0.1, -0.05) is 100 Å². The number of nitrogens with zero attached hydrogens (tertiary/aromatic N) is 1. The molecule has 0 amide bonds. The molecule has 55 heavy (non-hydrogen) atoms. The number of hydrogen-bond donors (Lipinski definition) is 0. The molecular formula is C53H51NO. The minimum absolute atomic E-state index is 0.0254. The van der Waals surface area contributed by atoms with Gasteiger partial charge < -0.3 is 9.64 Å². The van der Waals surface area contributed by atoms with Crippen LogP contribution in [0.2, 0.25) is 0 Å². The summed E-state index contributed by atoms with van der Waals surface area (Å²) in [7, 11) is 0. The molecule has 6 aromatic carbocycles. The molecule has 0 radical (unpaired) electrons. The second-order valence-electron chi connectivity index (χ2n) is 19.8. The average Bonchev–Trinajstić information content (AvgIpc) is 3.59. The van der Waals surface area contributed by atoms with Crippen molar-refractivity contribution >= 4 is 27.8 Å². The van der Waals surface area contributed by atoms with E-state index in [4.69, 9.17) is 4.74 Å². The molecule has 6 aliphatic rings. The van der Waals surface area contributed by atoms with Crippen LogP contribution in [0.25, 0.3) is 21.9 Å². The summed E-state index contributed by atoms with van der Waals surface area (Å²) in [5, 5.41) is 2.55. The zero-order chi connectivity index (χ0) is 36.9. The van der Waals surface area contributed by atoms with Crippen molar-refractivity contribution in [2.45, 2.75) is 88.9 Å². The molecule has 4 unspecified atom stereocenters. The summed E-state index contributed by atoms with van der Waals surface area (Å²) in [4.78, 5) is 2.54. The zero-order valence-corrected chi connectivity index (χ0v) is 32.7. The summed E-state index contributed by atoms with van der Waals surface area (Å²) < 4.78 is 6.89. The van der Waals surface area contributed by atoms with Crippen LogP contribution in [-0.4, -0.2) is 0 Å². The highest BCUT2D eigenvalue weighted by molar-refractivity contribution is 5.88.